The van der Waals surface area contributed by atoms with Crippen molar-refractivity contribution in [1.29, 1.82) is 0 Å². The van der Waals surface area contributed by atoms with Crippen molar-refractivity contribution < 1.29 is 4.74 Å². The Balaban J connectivity index is 2.11. The Bertz CT molecular complexity index is 415. The minimum Gasteiger partial charge on any atom is -0.423 e. The van der Waals surface area contributed by atoms with E-state index < -0.39 is 0 Å². The van der Waals surface area contributed by atoms with Gasteiger partial charge in [-0.05, 0) is 12.1 Å². The number of ether oxygens (including phenoxy) is 1. The van der Waals surface area contributed by atoms with Crippen LogP contribution < -0.4 is 10.5 Å². The van der Waals surface area contributed by atoms with Crippen LogP contribution in [0.3, 0.4) is 0 Å². The molecule has 76 valence electrons. The first-order valence-electron chi connectivity index (χ1n) is 4.47. The molecule has 2 rings (SSSR count). The summed E-state index contributed by atoms with van der Waals surface area (Å²) in [5.41, 5.74) is 6.29. The van der Waals surface area contributed by atoms with Gasteiger partial charge in [0.2, 0.25) is 0 Å². The topological polar surface area (TPSA) is 73.9 Å². The lowest BCUT2D eigenvalue weighted by Crippen LogP contribution is -1.99. The zero-order chi connectivity index (χ0) is 10.5. The number of nitrogens with two attached hydrogens (primary N) is 1. The summed E-state index contributed by atoms with van der Waals surface area (Å²) >= 11 is 0. The van der Waals surface area contributed by atoms with E-state index in [4.69, 9.17) is 10.5 Å². The normalized spacial score (nSPS) is 9.93. The molecule has 0 aliphatic rings. The fourth-order valence-corrected chi connectivity index (χ4v) is 1.01. The predicted molar refractivity (Wildman–Crippen MR) is 54.2 cm³/mol. The van der Waals surface area contributed by atoms with Gasteiger partial charge in [-0.25, -0.2) is 9.97 Å². The summed E-state index contributed by atoms with van der Waals surface area (Å²) in [4.78, 5) is 11.9. The van der Waals surface area contributed by atoms with Crippen LogP contribution in [0.4, 0.5) is 0 Å². The van der Waals surface area contributed by atoms with Crippen LogP contribution in [-0.4, -0.2) is 15.0 Å². The molecule has 0 radical (unpaired) electrons. The molecule has 5 nitrogen and oxygen atoms in total. The van der Waals surface area contributed by atoms with E-state index in [-0.39, 0.29) is 0 Å². The van der Waals surface area contributed by atoms with Crippen LogP contribution in [0, 0.1) is 0 Å². The summed E-state index contributed by atoms with van der Waals surface area (Å²) in [6.45, 7) is 0.424. The third-order valence-corrected chi connectivity index (χ3v) is 1.76. The molecule has 0 saturated heterocycles. The summed E-state index contributed by atoms with van der Waals surface area (Å²) < 4.78 is 5.35. The van der Waals surface area contributed by atoms with Crippen LogP contribution in [0.15, 0.2) is 36.9 Å². The molecule has 2 N–H and O–H groups in total. The molecule has 2 heterocycles. The second-order valence-corrected chi connectivity index (χ2v) is 2.87. The number of rotatable bonds is 3. The molecule has 0 unspecified atom stereocenters. The van der Waals surface area contributed by atoms with E-state index >= 15 is 0 Å². The molecule has 0 bridgehead atoms. The highest BCUT2D eigenvalue weighted by atomic mass is 16.5. The Kier molecular flexibility index (Phi) is 2.85. The summed E-state index contributed by atoms with van der Waals surface area (Å²) in [5.74, 6) is 0.609. The summed E-state index contributed by atoms with van der Waals surface area (Å²) in [5, 5.41) is 0. The highest BCUT2D eigenvalue weighted by molar-refractivity contribution is 5.20. The van der Waals surface area contributed by atoms with Gasteiger partial charge < -0.3 is 10.5 Å². The second-order valence-electron chi connectivity index (χ2n) is 2.87. The summed E-state index contributed by atoms with van der Waals surface area (Å²) in [7, 11) is 0. The van der Waals surface area contributed by atoms with Crippen LogP contribution >= 0.6 is 0 Å². The fourth-order valence-electron chi connectivity index (χ4n) is 1.01. The molecule has 0 aliphatic heterocycles. The van der Waals surface area contributed by atoms with Crippen LogP contribution in [0.2, 0.25) is 0 Å². The van der Waals surface area contributed by atoms with Crippen molar-refractivity contribution in [3.8, 4) is 11.8 Å². The molecule has 0 aliphatic carbocycles. The van der Waals surface area contributed by atoms with Gasteiger partial charge in [-0.2, -0.15) is 0 Å². The number of aromatic nitrogens is 3. The fraction of sp³-hybridized carbons (Fsp3) is 0.100. The van der Waals surface area contributed by atoms with Gasteiger partial charge in [-0.3, -0.25) is 4.98 Å². The first kappa shape index (κ1) is 9.54. The second kappa shape index (κ2) is 4.47. The van der Waals surface area contributed by atoms with E-state index in [0.29, 0.717) is 18.3 Å². The van der Waals surface area contributed by atoms with Crippen LogP contribution in [0.1, 0.15) is 5.56 Å². The van der Waals surface area contributed by atoms with E-state index in [1.807, 2.05) is 0 Å². The minimum atomic E-state index is 0.292. The Morgan fingerprint density at radius 3 is 2.60 bits per heavy atom. The van der Waals surface area contributed by atoms with E-state index in [1.165, 1.54) is 0 Å². The number of nitrogens with zero attached hydrogens (tertiary/aromatic N) is 3. The smallest absolute Gasteiger partial charge is 0.321 e. The average Bonchev–Trinajstić information content (AvgIpc) is 2.31. The van der Waals surface area contributed by atoms with Crippen molar-refractivity contribution in [2.75, 3.05) is 0 Å². The zero-order valence-corrected chi connectivity index (χ0v) is 8.00. The van der Waals surface area contributed by atoms with Gasteiger partial charge in [0, 0.05) is 30.7 Å². The Labute approximate surface area is 87.0 Å². The molecule has 0 amide bonds. The highest BCUT2D eigenvalue weighted by Crippen LogP contribution is 2.14. The van der Waals surface area contributed by atoms with Crippen molar-refractivity contribution in [2.24, 2.45) is 5.73 Å². The third-order valence-electron chi connectivity index (χ3n) is 1.76. The molecule has 0 fully saturated rings. The van der Waals surface area contributed by atoms with Crippen LogP contribution in [0.25, 0.3) is 0 Å². The standard InChI is InChI=1S/C10H10N4O/c11-4-8-5-13-10(14-6-8)15-9-2-1-3-12-7-9/h1-3,5-7H,4,11H2. The van der Waals surface area contributed by atoms with Gasteiger partial charge in [0.25, 0.3) is 0 Å². The van der Waals surface area contributed by atoms with Crippen molar-refractivity contribution in [1.82, 2.24) is 15.0 Å². The first-order chi connectivity index (χ1) is 7.38. The van der Waals surface area contributed by atoms with Gasteiger partial charge in [0.05, 0.1) is 6.20 Å². The van der Waals surface area contributed by atoms with Crippen molar-refractivity contribution in [3.05, 3.63) is 42.5 Å². The highest BCUT2D eigenvalue weighted by Gasteiger charge is 1.99. The molecule has 0 spiro atoms. The van der Waals surface area contributed by atoms with Gasteiger partial charge in [-0.1, -0.05) is 0 Å². The van der Waals surface area contributed by atoms with E-state index in [2.05, 4.69) is 15.0 Å². The van der Waals surface area contributed by atoms with Crippen LogP contribution in [0.5, 0.6) is 11.8 Å². The Morgan fingerprint density at radius 2 is 2.00 bits per heavy atom. The zero-order valence-electron chi connectivity index (χ0n) is 8.00. The SMILES string of the molecule is NCc1cnc(Oc2cccnc2)nc1. The summed E-state index contributed by atoms with van der Waals surface area (Å²) in [6, 6.07) is 3.86. The van der Waals surface area contributed by atoms with Gasteiger partial charge in [-0.15, -0.1) is 0 Å². The third kappa shape index (κ3) is 2.47. The Hall–Kier alpha value is -2.01. The molecule has 2 aromatic rings. The predicted octanol–water partition coefficient (Wildman–Crippen LogP) is 1.12. The van der Waals surface area contributed by atoms with Crippen molar-refractivity contribution in [3.63, 3.8) is 0 Å². The van der Waals surface area contributed by atoms with E-state index in [0.717, 1.165) is 5.56 Å². The van der Waals surface area contributed by atoms with Crippen molar-refractivity contribution in [2.45, 2.75) is 6.54 Å². The van der Waals surface area contributed by atoms with E-state index in [1.54, 1.807) is 36.9 Å². The number of hydrogen-bond acceptors (Lipinski definition) is 5. The van der Waals surface area contributed by atoms with Crippen molar-refractivity contribution >= 4 is 0 Å². The molecule has 0 aromatic carbocycles. The van der Waals surface area contributed by atoms with Gasteiger partial charge >= 0.3 is 6.01 Å². The minimum absolute atomic E-state index is 0.292. The molecular formula is C10H10N4O. The lowest BCUT2D eigenvalue weighted by atomic mass is 10.4. The van der Waals surface area contributed by atoms with Gasteiger partial charge in [0.15, 0.2) is 0 Å². The quantitative estimate of drug-likeness (QED) is 0.807. The maximum Gasteiger partial charge on any atom is 0.321 e. The molecule has 0 atom stereocenters. The molecular weight excluding hydrogens is 192 g/mol. The molecule has 15 heavy (non-hydrogen) atoms. The molecule has 0 saturated carbocycles. The maximum absolute atomic E-state index is 5.42. The average molecular weight is 202 g/mol. The molecule has 2 aromatic heterocycles. The van der Waals surface area contributed by atoms with Gasteiger partial charge in [0.1, 0.15) is 5.75 Å². The lowest BCUT2D eigenvalue weighted by molar-refractivity contribution is 0.439. The number of hydrogen-bond donors (Lipinski definition) is 1. The largest absolute Gasteiger partial charge is 0.423 e. The molecule has 5 heteroatoms. The number of pyridine rings is 1. The Morgan fingerprint density at radius 1 is 1.20 bits per heavy atom. The monoisotopic (exact) mass is 202 g/mol. The van der Waals surface area contributed by atoms with E-state index in [9.17, 15) is 0 Å². The summed E-state index contributed by atoms with van der Waals surface area (Å²) in [6.07, 6.45) is 6.54. The first-order valence-corrected chi connectivity index (χ1v) is 4.47. The maximum atomic E-state index is 5.42. The van der Waals surface area contributed by atoms with Crippen LogP contribution in [-0.2, 0) is 6.54 Å². The lowest BCUT2D eigenvalue weighted by Gasteiger charge is -2.02.